The molecular weight excluding hydrogens is 620 g/mol. The van der Waals surface area contributed by atoms with Crippen molar-refractivity contribution >= 4 is 33.3 Å². The van der Waals surface area contributed by atoms with Crippen molar-refractivity contribution in [2.75, 3.05) is 37.4 Å². The maximum absolute atomic E-state index is 13.7. The quantitative estimate of drug-likeness (QED) is 0.293. The largest absolute Gasteiger partial charge is 0.486 e. The van der Waals surface area contributed by atoms with Gasteiger partial charge in [0.2, 0.25) is 10.0 Å². The number of likely N-dealkylation sites (N-methyl/N-ethyl adjacent to an activating group) is 1. The van der Waals surface area contributed by atoms with Gasteiger partial charge in [-0.3, -0.25) is 4.79 Å². The number of alkyl halides is 3. The number of halogens is 4. The summed E-state index contributed by atoms with van der Waals surface area (Å²) in [6.07, 6.45) is -5.43. The molecule has 3 N–H and O–H groups in total. The second-order valence-corrected chi connectivity index (χ2v) is 12.7. The highest BCUT2D eigenvalue weighted by Crippen LogP contribution is 2.36. The SMILES string of the molecule is C[C@@H]1CN([C@@H](C)CO)C(=O)c2cccc(NC(=O)Nc3ccc(C(F)(F)F)cc3)c2O[C@H]1CN(C)S(=O)(=O)c1ccc(F)cc1. The number of anilines is 2. The van der Waals surface area contributed by atoms with Gasteiger partial charge < -0.3 is 25.4 Å². The van der Waals surface area contributed by atoms with Gasteiger partial charge in [0.05, 0.1) is 40.9 Å². The molecule has 45 heavy (non-hydrogen) atoms. The van der Waals surface area contributed by atoms with Crippen LogP contribution in [-0.2, 0) is 16.2 Å². The molecule has 0 saturated carbocycles. The minimum absolute atomic E-state index is 0.0311. The number of aliphatic hydroxyl groups is 1. The summed E-state index contributed by atoms with van der Waals surface area (Å²) < 4.78 is 86.1. The van der Waals surface area contributed by atoms with Gasteiger partial charge in [-0.2, -0.15) is 17.5 Å². The van der Waals surface area contributed by atoms with Crippen molar-refractivity contribution in [1.82, 2.24) is 9.21 Å². The van der Waals surface area contributed by atoms with Crippen LogP contribution in [0.5, 0.6) is 5.75 Å². The van der Waals surface area contributed by atoms with Gasteiger partial charge in [0.25, 0.3) is 5.91 Å². The van der Waals surface area contributed by atoms with E-state index < -0.39 is 57.6 Å². The first-order valence-corrected chi connectivity index (χ1v) is 15.2. The number of hydrogen-bond donors (Lipinski definition) is 3. The number of nitrogens with one attached hydrogen (secondary N) is 2. The van der Waals surface area contributed by atoms with Crippen molar-refractivity contribution in [3.63, 3.8) is 0 Å². The Hall–Kier alpha value is -4.21. The molecule has 3 atom stereocenters. The Kier molecular flexibility index (Phi) is 10.0. The van der Waals surface area contributed by atoms with E-state index in [4.69, 9.17) is 4.74 Å². The minimum Gasteiger partial charge on any atom is -0.486 e. The molecule has 0 spiro atoms. The zero-order valence-electron chi connectivity index (χ0n) is 24.5. The average molecular weight is 653 g/mol. The summed E-state index contributed by atoms with van der Waals surface area (Å²) in [5, 5.41) is 14.9. The van der Waals surface area contributed by atoms with Crippen LogP contribution in [0, 0.1) is 11.7 Å². The van der Waals surface area contributed by atoms with Crippen LogP contribution in [-0.4, -0.2) is 73.6 Å². The second-order valence-electron chi connectivity index (χ2n) is 10.7. The standard InChI is InChI=1S/C30H32F4N4O6S/c1-18-15-38(19(2)17-39)28(40)24-5-4-6-25(36-29(41)35-22-11-7-20(8-12-22)30(32,33)34)27(24)44-26(18)16-37(3)45(42,43)23-13-9-21(31)10-14-23/h4-14,18-19,26,39H,15-17H2,1-3H3,(H2,35,36,41)/t18-,19+,26+/m1/s1. The summed E-state index contributed by atoms with van der Waals surface area (Å²) in [6, 6.07) is 11.1. The fourth-order valence-corrected chi connectivity index (χ4v) is 5.91. The first-order valence-electron chi connectivity index (χ1n) is 13.8. The van der Waals surface area contributed by atoms with Gasteiger partial charge in [0.15, 0.2) is 5.75 Å². The number of urea groups is 1. The van der Waals surface area contributed by atoms with Crippen molar-refractivity contribution in [3.8, 4) is 5.75 Å². The Morgan fingerprint density at radius 1 is 1.09 bits per heavy atom. The molecule has 3 aromatic carbocycles. The topological polar surface area (TPSA) is 128 Å². The Morgan fingerprint density at radius 3 is 2.33 bits per heavy atom. The molecule has 0 aliphatic carbocycles. The third kappa shape index (κ3) is 7.72. The fraction of sp³-hybridized carbons (Fsp3) is 0.333. The second kappa shape index (κ2) is 13.4. The van der Waals surface area contributed by atoms with Crippen LogP contribution in [0.15, 0.2) is 71.6 Å². The summed E-state index contributed by atoms with van der Waals surface area (Å²) in [5.41, 5.74) is -0.759. The monoisotopic (exact) mass is 652 g/mol. The predicted octanol–water partition coefficient (Wildman–Crippen LogP) is 5.03. The minimum atomic E-state index is -4.55. The van der Waals surface area contributed by atoms with E-state index in [0.717, 1.165) is 52.8 Å². The van der Waals surface area contributed by atoms with Crippen LogP contribution >= 0.6 is 0 Å². The van der Waals surface area contributed by atoms with Crippen molar-refractivity contribution in [2.24, 2.45) is 5.92 Å². The van der Waals surface area contributed by atoms with Gasteiger partial charge in [-0.15, -0.1) is 0 Å². The zero-order chi connectivity index (χ0) is 33.1. The van der Waals surface area contributed by atoms with E-state index in [2.05, 4.69) is 10.6 Å². The van der Waals surface area contributed by atoms with Crippen LogP contribution in [0.25, 0.3) is 0 Å². The molecule has 0 aromatic heterocycles. The first kappa shape index (κ1) is 33.7. The third-order valence-corrected chi connectivity index (χ3v) is 9.21. The normalized spacial score (nSPS) is 18.0. The summed E-state index contributed by atoms with van der Waals surface area (Å²) in [7, 11) is -2.75. The highest BCUT2D eigenvalue weighted by Gasteiger charge is 2.36. The van der Waals surface area contributed by atoms with Gasteiger partial charge in [0, 0.05) is 25.2 Å². The highest BCUT2D eigenvalue weighted by atomic mass is 32.2. The zero-order valence-corrected chi connectivity index (χ0v) is 25.3. The lowest BCUT2D eigenvalue weighted by molar-refractivity contribution is -0.137. The van der Waals surface area contributed by atoms with Crippen LogP contribution in [0.1, 0.15) is 29.8 Å². The summed E-state index contributed by atoms with van der Waals surface area (Å²) in [4.78, 5) is 27.8. The molecule has 0 radical (unpaired) electrons. The number of nitrogens with zero attached hydrogens (tertiary/aromatic N) is 2. The number of sulfonamides is 1. The molecule has 0 fully saturated rings. The number of hydrogen-bond acceptors (Lipinski definition) is 6. The number of fused-ring (bicyclic) bond motifs is 1. The summed E-state index contributed by atoms with van der Waals surface area (Å²) in [6.45, 7) is 2.92. The van der Waals surface area contributed by atoms with E-state index in [1.165, 1.54) is 30.1 Å². The van der Waals surface area contributed by atoms with Crippen LogP contribution in [0.2, 0.25) is 0 Å². The van der Waals surface area contributed by atoms with Crippen molar-refractivity contribution in [3.05, 3.63) is 83.7 Å². The molecule has 3 aromatic rings. The van der Waals surface area contributed by atoms with Crippen LogP contribution in [0.4, 0.5) is 33.7 Å². The van der Waals surface area contributed by atoms with E-state index >= 15 is 0 Å². The number of ether oxygens (including phenoxy) is 1. The molecule has 242 valence electrons. The number of carbonyl (C=O) groups is 2. The van der Waals surface area contributed by atoms with E-state index in [1.54, 1.807) is 13.8 Å². The van der Waals surface area contributed by atoms with Crippen molar-refractivity contribution in [2.45, 2.75) is 37.1 Å². The average Bonchev–Trinajstić information content (AvgIpc) is 2.98. The predicted molar refractivity (Wildman–Crippen MR) is 158 cm³/mol. The highest BCUT2D eigenvalue weighted by molar-refractivity contribution is 7.89. The van der Waals surface area contributed by atoms with E-state index in [9.17, 15) is 40.7 Å². The van der Waals surface area contributed by atoms with E-state index in [0.29, 0.717) is 0 Å². The Balaban J connectivity index is 1.65. The van der Waals surface area contributed by atoms with Crippen LogP contribution < -0.4 is 15.4 Å². The molecule has 4 rings (SSSR count). The summed E-state index contributed by atoms with van der Waals surface area (Å²) >= 11 is 0. The maximum atomic E-state index is 13.7. The van der Waals surface area contributed by atoms with E-state index in [-0.39, 0.29) is 47.3 Å². The van der Waals surface area contributed by atoms with E-state index in [1.807, 2.05) is 0 Å². The van der Waals surface area contributed by atoms with Gasteiger partial charge in [-0.1, -0.05) is 13.0 Å². The van der Waals surface area contributed by atoms with Gasteiger partial charge in [-0.25, -0.2) is 17.6 Å². The van der Waals surface area contributed by atoms with Crippen molar-refractivity contribution in [1.29, 1.82) is 0 Å². The Morgan fingerprint density at radius 2 is 1.73 bits per heavy atom. The molecule has 1 heterocycles. The van der Waals surface area contributed by atoms with Crippen LogP contribution in [0.3, 0.4) is 0 Å². The lowest BCUT2D eigenvalue weighted by Gasteiger charge is -2.38. The van der Waals surface area contributed by atoms with Crippen molar-refractivity contribution < 1.29 is 45.4 Å². The number of benzene rings is 3. The molecule has 15 heteroatoms. The fourth-order valence-electron chi connectivity index (χ4n) is 4.72. The maximum Gasteiger partial charge on any atom is 0.416 e. The molecule has 0 saturated heterocycles. The van der Waals surface area contributed by atoms with Gasteiger partial charge in [-0.05, 0) is 67.6 Å². The van der Waals surface area contributed by atoms with Gasteiger partial charge >= 0.3 is 12.2 Å². The molecular formula is C30H32F4N4O6S. The molecule has 1 aliphatic rings. The third-order valence-electron chi connectivity index (χ3n) is 7.37. The summed E-state index contributed by atoms with van der Waals surface area (Å²) in [5.74, 6) is -1.66. The number of aliphatic hydroxyl groups excluding tert-OH is 1. The number of para-hydroxylation sites is 1. The molecule has 1 aliphatic heterocycles. The van der Waals surface area contributed by atoms with Gasteiger partial charge in [0.1, 0.15) is 11.9 Å². The number of rotatable bonds is 8. The molecule has 3 amide bonds. The Labute approximate surface area is 257 Å². The lowest BCUT2D eigenvalue weighted by Crippen LogP contribution is -2.50. The number of carbonyl (C=O) groups excluding carboxylic acids is 2. The molecule has 10 nitrogen and oxygen atoms in total. The smallest absolute Gasteiger partial charge is 0.416 e. The Bertz CT molecular complexity index is 1640. The molecule has 0 unspecified atom stereocenters. The number of amides is 3. The molecule has 0 bridgehead atoms. The first-order chi connectivity index (χ1) is 21.1. The lowest BCUT2D eigenvalue weighted by atomic mass is 9.99.